The fraction of sp³-hybridized carbons (Fsp3) is 0.588. The van der Waals surface area contributed by atoms with Crippen LogP contribution < -0.4 is 5.32 Å². The van der Waals surface area contributed by atoms with Crippen molar-refractivity contribution in [2.75, 3.05) is 32.8 Å². The Hall–Kier alpha value is -0.960. The number of aliphatic imine (C=N–C) groups is 1. The first-order valence-corrected chi connectivity index (χ1v) is 8.17. The van der Waals surface area contributed by atoms with E-state index < -0.39 is 11.6 Å². The third-order valence-electron chi connectivity index (χ3n) is 4.67. The van der Waals surface area contributed by atoms with Gasteiger partial charge >= 0.3 is 0 Å². The molecule has 2 heterocycles. The van der Waals surface area contributed by atoms with E-state index in [4.69, 9.17) is 4.74 Å². The number of guanidine groups is 1. The van der Waals surface area contributed by atoms with Crippen LogP contribution in [0.5, 0.6) is 0 Å². The van der Waals surface area contributed by atoms with Gasteiger partial charge < -0.3 is 15.0 Å². The van der Waals surface area contributed by atoms with Crippen molar-refractivity contribution < 1.29 is 13.5 Å². The Morgan fingerprint density at radius 1 is 1.38 bits per heavy atom. The van der Waals surface area contributed by atoms with E-state index in [0.717, 1.165) is 57.7 Å². The molecule has 0 saturated carbocycles. The van der Waals surface area contributed by atoms with E-state index in [9.17, 15) is 8.78 Å². The van der Waals surface area contributed by atoms with Crippen molar-refractivity contribution in [3.63, 3.8) is 0 Å². The molecule has 24 heavy (non-hydrogen) atoms. The van der Waals surface area contributed by atoms with Crippen molar-refractivity contribution in [2.24, 2.45) is 10.4 Å². The van der Waals surface area contributed by atoms with Crippen molar-refractivity contribution in [2.45, 2.75) is 26.3 Å². The molecular weight excluding hydrogens is 427 g/mol. The molecule has 2 fully saturated rings. The zero-order valence-electron chi connectivity index (χ0n) is 13.9. The van der Waals surface area contributed by atoms with E-state index in [-0.39, 0.29) is 35.9 Å². The van der Waals surface area contributed by atoms with E-state index in [2.05, 4.69) is 15.2 Å². The molecule has 134 valence electrons. The second-order valence-corrected chi connectivity index (χ2v) is 6.38. The number of hydrogen-bond acceptors (Lipinski definition) is 2. The van der Waals surface area contributed by atoms with Gasteiger partial charge in [-0.15, -0.1) is 24.0 Å². The quantitative estimate of drug-likeness (QED) is 0.436. The van der Waals surface area contributed by atoms with Gasteiger partial charge in [0.15, 0.2) is 5.96 Å². The summed E-state index contributed by atoms with van der Waals surface area (Å²) in [5.41, 5.74) is 0.650. The van der Waals surface area contributed by atoms with Crippen molar-refractivity contribution in [3.05, 3.63) is 35.4 Å². The number of nitrogens with zero attached hydrogens (tertiary/aromatic N) is 2. The molecule has 1 unspecified atom stereocenters. The van der Waals surface area contributed by atoms with Gasteiger partial charge in [-0.3, -0.25) is 0 Å². The van der Waals surface area contributed by atoms with E-state index in [0.29, 0.717) is 5.56 Å². The highest BCUT2D eigenvalue weighted by Crippen LogP contribution is 2.38. The van der Waals surface area contributed by atoms with Crippen molar-refractivity contribution in [1.29, 1.82) is 0 Å². The monoisotopic (exact) mass is 451 g/mol. The maximum atomic E-state index is 13.7. The number of ether oxygens (including phenoxy) is 1. The first kappa shape index (κ1) is 19.4. The number of rotatable bonds is 3. The highest BCUT2D eigenvalue weighted by atomic mass is 127. The molecule has 0 bridgehead atoms. The molecule has 0 aliphatic carbocycles. The summed E-state index contributed by atoms with van der Waals surface area (Å²) in [6.45, 7) is 6.47. The van der Waals surface area contributed by atoms with Gasteiger partial charge in [0.05, 0.1) is 13.2 Å². The molecule has 3 rings (SSSR count). The summed E-state index contributed by atoms with van der Waals surface area (Å²) in [5, 5.41) is 3.27. The third kappa shape index (κ3) is 4.36. The van der Waals surface area contributed by atoms with E-state index in [1.54, 1.807) is 0 Å². The van der Waals surface area contributed by atoms with Gasteiger partial charge in [-0.1, -0.05) is 6.07 Å². The molecule has 7 heteroatoms. The zero-order chi connectivity index (χ0) is 16.3. The van der Waals surface area contributed by atoms with Gasteiger partial charge in [0.1, 0.15) is 11.6 Å². The minimum absolute atomic E-state index is 0. The molecule has 0 aromatic heterocycles. The Morgan fingerprint density at radius 3 is 2.88 bits per heavy atom. The van der Waals surface area contributed by atoms with Crippen LogP contribution in [-0.4, -0.2) is 43.7 Å². The summed E-state index contributed by atoms with van der Waals surface area (Å²) in [4.78, 5) is 6.76. The predicted molar refractivity (Wildman–Crippen MR) is 101 cm³/mol. The minimum Gasteiger partial charge on any atom is -0.381 e. The van der Waals surface area contributed by atoms with Gasteiger partial charge in [0.25, 0.3) is 0 Å². The molecule has 2 aliphatic rings. The third-order valence-corrected chi connectivity index (χ3v) is 4.67. The lowest BCUT2D eigenvalue weighted by molar-refractivity contribution is 0.156. The maximum absolute atomic E-state index is 13.7. The van der Waals surface area contributed by atoms with Crippen LogP contribution in [0, 0.1) is 17.0 Å². The Kier molecular flexibility index (Phi) is 6.79. The van der Waals surface area contributed by atoms with E-state index in [1.165, 1.54) is 12.1 Å². The lowest BCUT2D eigenvalue weighted by Gasteiger charge is -2.25. The molecule has 1 atom stereocenters. The largest absolute Gasteiger partial charge is 0.381 e. The molecule has 4 nitrogen and oxygen atoms in total. The summed E-state index contributed by atoms with van der Waals surface area (Å²) in [5.74, 6) is -0.323. The van der Waals surface area contributed by atoms with Crippen molar-refractivity contribution in [3.8, 4) is 0 Å². The van der Waals surface area contributed by atoms with Crippen LogP contribution in [0.2, 0.25) is 0 Å². The molecule has 0 radical (unpaired) electrons. The lowest BCUT2D eigenvalue weighted by atomic mass is 9.87. The number of likely N-dealkylation sites (tertiary alicyclic amines) is 1. The van der Waals surface area contributed by atoms with Crippen LogP contribution in [-0.2, 0) is 11.3 Å². The van der Waals surface area contributed by atoms with Gasteiger partial charge in [-0.2, -0.15) is 0 Å². The first-order valence-electron chi connectivity index (χ1n) is 8.17. The van der Waals surface area contributed by atoms with Crippen molar-refractivity contribution in [1.82, 2.24) is 10.2 Å². The second kappa shape index (κ2) is 8.42. The summed E-state index contributed by atoms with van der Waals surface area (Å²) in [6.07, 6.45) is 2.19. The predicted octanol–water partition coefficient (Wildman–Crippen LogP) is 3.16. The fourth-order valence-electron chi connectivity index (χ4n) is 3.32. The Morgan fingerprint density at radius 2 is 2.21 bits per heavy atom. The molecule has 0 amide bonds. The molecule has 2 aliphatic heterocycles. The highest BCUT2D eigenvalue weighted by molar-refractivity contribution is 14.0. The van der Waals surface area contributed by atoms with Crippen LogP contribution in [0.3, 0.4) is 0 Å². The SMILES string of the molecule is CCNC(=NCc1ccc(F)cc1F)N1CCC2(CCOC2)C1.I. The number of halogens is 3. The molecule has 1 aromatic rings. The van der Waals surface area contributed by atoms with Gasteiger partial charge in [0.2, 0.25) is 0 Å². The molecule has 2 saturated heterocycles. The molecular formula is C17H24F2IN3O. The van der Waals surface area contributed by atoms with E-state index in [1.807, 2.05) is 6.92 Å². The van der Waals surface area contributed by atoms with Crippen LogP contribution in [0.15, 0.2) is 23.2 Å². The second-order valence-electron chi connectivity index (χ2n) is 6.38. The Balaban J connectivity index is 0.00000208. The van der Waals surface area contributed by atoms with Gasteiger partial charge in [0, 0.05) is 43.3 Å². The summed E-state index contributed by atoms with van der Waals surface area (Å²) in [6, 6.07) is 3.62. The van der Waals surface area contributed by atoms with Crippen LogP contribution in [0.4, 0.5) is 8.78 Å². The molecule has 1 aromatic carbocycles. The normalized spacial score (nSPS) is 23.6. The van der Waals surface area contributed by atoms with Crippen LogP contribution in [0.25, 0.3) is 0 Å². The number of benzene rings is 1. The number of nitrogens with one attached hydrogen (secondary N) is 1. The molecule has 1 spiro atoms. The topological polar surface area (TPSA) is 36.9 Å². The zero-order valence-corrected chi connectivity index (χ0v) is 16.2. The average molecular weight is 451 g/mol. The van der Waals surface area contributed by atoms with Gasteiger partial charge in [-0.25, -0.2) is 13.8 Å². The van der Waals surface area contributed by atoms with Crippen molar-refractivity contribution >= 4 is 29.9 Å². The number of hydrogen-bond donors (Lipinski definition) is 1. The first-order chi connectivity index (χ1) is 11.1. The van der Waals surface area contributed by atoms with Crippen LogP contribution >= 0.6 is 24.0 Å². The standard InChI is InChI=1S/C17H23F2N3O.HI/c1-2-20-16(21-10-13-3-4-14(18)9-15(13)19)22-7-5-17(11-22)6-8-23-12-17;/h3-4,9H,2,5-8,10-12H2,1H3,(H,20,21);1H. The van der Waals surface area contributed by atoms with Gasteiger partial charge in [-0.05, 0) is 25.8 Å². The summed E-state index contributed by atoms with van der Waals surface area (Å²) in [7, 11) is 0. The summed E-state index contributed by atoms with van der Waals surface area (Å²) < 4.78 is 32.3. The lowest BCUT2D eigenvalue weighted by Crippen LogP contribution is -2.41. The molecule has 1 N–H and O–H groups in total. The fourth-order valence-corrected chi connectivity index (χ4v) is 3.32. The maximum Gasteiger partial charge on any atom is 0.194 e. The highest BCUT2D eigenvalue weighted by Gasteiger charge is 2.42. The minimum atomic E-state index is -0.565. The van der Waals surface area contributed by atoms with Crippen LogP contribution in [0.1, 0.15) is 25.3 Å². The average Bonchev–Trinajstić information content (AvgIpc) is 3.16. The Bertz CT molecular complexity index is 591. The Labute approximate surface area is 158 Å². The van der Waals surface area contributed by atoms with E-state index >= 15 is 0 Å². The summed E-state index contributed by atoms with van der Waals surface area (Å²) >= 11 is 0. The smallest absolute Gasteiger partial charge is 0.194 e.